The third-order valence-corrected chi connectivity index (χ3v) is 5.59. The predicted molar refractivity (Wildman–Crippen MR) is 109 cm³/mol. The van der Waals surface area contributed by atoms with Crippen LogP contribution in [-0.4, -0.2) is 35.5 Å². The first-order valence-corrected chi connectivity index (χ1v) is 9.65. The molecule has 0 spiro atoms. The molecular weight excluding hydrogens is 348 g/mol. The van der Waals surface area contributed by atoms with Crippen molar-refractivity contribution in [3.63, 3.8) is 0 Å². The van der Waals surface area contributed by atoms with Gasteiger partial charge in [-0.15, -0.1) is 0 Å². The van der Waals surface area contributed by atoms with Crippen LogP contribution >= 0.6 is 0 Å². The fourth-order valence-electron chi connectivity index (χ4n) is 4.36. The number of likely N-dealkylation sites (tertiary alicyclic amines) is 1. The fraction of sp³-hybridized carbons (Fsp3) is 0.250. The van der Waals surface area contributed by atoms with Crippen LogP contribution in [0.25, 0.3) is 0 Å². The van der Waals surface area contributed by atoms with Crippen molar-refractivity contribution < 1.29 is 9.53 Å². The Bertz CT molecular complexity index is 874. The van der Waals surface area contributed by atoms with E-state index in [1.807, 2.05) is 53.4 Å². The number of methoxy groups -OCH3 is 1. The van der Waals surface area contributed by atoms with E-state index >= 15 is 0 Å². The summed E-state index contributed by atoms with van der Waals surface area (Å²) in [7, 11) is 1.74. The lowest BCUT2D eigenvalue weighted by Gasteiger charge is -2.43. The Morgan fingerprint density at radius 2 is 1.57 bits per heavy atom. The van der Waals surface area contributed by atoms with Gasteiger partial charge in [0.1, 0.15) is 11.3 Å². The summed E-state index contributed by atoms with van der Waals surface area (Å²) in [5.41, 5.74) is 1.84. The summed E-state index contributed by atoms with van der Waals surface area (Å²) in [5, 5.41) is 0. The highest BCUT2D eigenvalue weighted by atomic mass is 16.5. The van der Waals surface area contributed by atoms with E-state index in [9.17, 15) is 4.79 Å². The van der Waals surface area contributed by atoms with Gasteiger partial charge in [0.2, 0.25) is 0 Å². The number of carbonyl (C=O) groups is 1. The molecule has 0 saturated carbocycles. The minimum absolute atomic E-state index is 0.0450. The van der Waals surface area contributed by atoms with Crippen molar-refractivity contribution in [1.82, 2.24) is 9.88 Å². The molecule has 4 heteroatoms. The van der Waals surface area contributed by atoms with Gasteiger partial charge >= 0.3 is 0 Å². The lowest BCUT2D eigenvalue weighted by atomic mass is 9.78. The summed E-state index contributed by atoms with van der Waals surface area (Å²) >= 11 is 0. The van der Waals surface area contributed by atoms with E-state index in [2.05, 4.69) is 29.2 Å². The van der Waals surface area contributed by atoms with E-state index in [1.54, 1.807) is 19.4 Å². The van der Waals surface area contributed by atoms with Crippen molar-refractivity contribution >= 4 is 5.91 Å². The van der Waals surface area contributed by atoms with E-state index in [0.717, 1.165) is 24.0 Å². The Hall–Kier alpha value is -2.98. The van der Waals surface area contributed by atoms with Gasteiger partial charge < -0.3 is 9.64 Å². The van der Waals surface area contributed by atoms with Gasteiger partial charge in [-0.2, -0.15) is 0 Å². The standard InChI is InChI=1S/C24H24N2O2/c1-28-24(19-11-4-2-5-12-19,20-13-6-3-7-14-20)22-16-10-18-26(22)23(27)21-15-8-9-17-25-21/h2-9,11-15,17,22H,10,16,18H2,1H3/t22-/m0/s1. The van der Waals surface area contributed by atoms with Gasteiger partial charge in [0.25, 0.3) is 5.91 Å². The third kappa shape index (κ3) is 3.10. The maximum absolute atomic E-state index is 13.3. The van der Waals surface area contributed by atoms with E-state index in [1.165, 1.54) is 0 Å². The van der Waals surface area contributed by atoms with Crippen molar-refractivity contribution in [3.05, 3.63) is 102 Å². The average Bonchev–Trinajstić information content (AvgIpc) is 3.27. The Morgan fingerprint density at radius 1 is 0.964 bits per heavy atom. The molecule has 28 heavy (non-hydrogen) atoms. The summed E-state index contributed by atoms with van der Waals surface area (Å²) in [4.78, 5) is 19.5. The number of rotatable bonds is 5. The SMILES string of the molecule is COC(c1ccccc1)(c1ccccc1)[C@@H]1CCCN1C(=O)c1ccccn1. The van der Waals surface area contributed by atoms with Crippen molar-refractivity contribution in [2.75, 3.05) is 13.7 Å². The van der Waals surface area contributed by atoms with Crippen LogP contribution in [0.4, 0.5) is 0 Å². The van der Waals surface area contributed by atoms with Crippen LogP contribution in [0.15, 0.2) is 85.1 Å². The van der Waals surface area contributed by atoms with Crippen LogP contribution < -0.4 is 0 Å². The maximum atomic E-state index is 13.3. The van der Waals surface area contributed by atoms with Crippen LogP contribution in [0, 0.1) is 0 Å². The molecule has 0 N–H and O–H groups in total. The summed E-state index contributed by atoms with van der Waals surface area (Å²) in [6.45, 7) is 0.699. The third-order valence-electron chi connectivity index (χ3n) is 5.59. The van der Waals surface area contributed by atoms with Crippen molar-refractivity contribution in [3.8, 4) is 0 Å². The number of carbonyl (C=O) groups excluding carboxylic acids is 1. The molecule has 1 saturated heterocycles. The minimum Gasteiger partial charge on any atom is -0.367 e. The summed E-state index contributed by atoms with van der Waals surface area (Å²) in [6.07, 6.45) is 3.47. The largest absolute Gasteiger partial charge is 0.367 e. The Morgan fingerprint density at radius 3 is 2.11 bits per heavy atom. The Balaban J connectivity index is 1.83. The second kappa shape index (κ2) is 7.95. The van der Waals surface area contributed by atoms with Crippen LogP contribution in [0.1, 0.15) is 34.5 Å². The molecule has 1 atom stereocenters. The monoisotopic (exact) mass is 372 g/mol. The van der Waals surface area contributed by atoms with Crippen LogP contribution in [0.3, 0.4) is 0 Å². The smallest absolute Gasteiger partial charge is 0.272 e. The van der Waals surface area contributed by atoms with Gasteiger partial charge in [-0.1, -0.05) is 66.7 Å². The summed E-state index contributed by atoms with van der Waals surface area (Å²) in [6, 6.07) is 25.7. The number of hydrogen-bond acceptors (Lipinski definition) is 3. The van der Waals surface area contributed by atoms with E-state index < -0.39 is 5.60 Å². The fourth-order valence-corrected chi connectivity index (χ4v) is 4.36. The molecule has 1 aliphatic rings. The van der Waals surface area contributed by atoms with Crippen molar-refractivity contribution in [2.45, 2.75) is 24.5 Å². The predicted octanol–water partition coefficient (Wildman–Crippen LogP) is 4.28. The zero-order valence-corrected chi connectivity index (χ0v) is 16.0. The normalized spacial score (nSPS) is 16.9. The van der Waals surface area contributed by atoms with Crippen LogP contribution in [0.2, 0.25) is 0 Å². The zero-order valence-electron chi connectivity index (χ0n) is 16.0. The zero-order chi connectivity index (χ0) is 19.4. The summed E-state index contributed by atoms with van der Waals surface area (Å²) < 4.78 is 6.30. The lowest BCUT2D eigenvalue weighted by Crippen LogP contribution is -2.51. The molecule has 0 aliphatic carbocycles. The van der Waals surface area contributed by atoms with Gasteiger partial charge in [-0.25, -0.2) is 0 Å². The van der Waals surface area contributed by atoms with Gasteiger partial charge in [-0.05, 0) is 36.1 Å². The second-order valence-corrected chi connectivity index (χ2v) is 7.04. The van der Waals surface area contributed by atoms with Crippen molar-refractivity contribution in [2.24, 2.45) is 0 Å². The number of hydrogen-bond donors (Lipinski definition) is 0. The molecule has 142 valence electrons. The Labute approximate surface area is 165 Å². The molecular formula is C24H24N2O2. The highest BCUT2D eigenvalue weighted by Crippen LogP contribution is 2.43. The van der Waals surface area contributed by atoms with Crippen LogP contribution in [-0.2, 0) is 10.3 Å². The average molecular weight is 372 g/mol. The topological polar surface area (TPSA) is 42.4 Å². The molecule has 0 radical (unpaired) electrons. The molecule has 2 aromatic carbocycles. The van der Waals surface area contributed by atoms with Gasteiger partial charge in [0.15, 0.2) is 0 Å². The highest BCUT2D eigenvalue weighted by molar-refractivity contribution is 5.92. The molecule has 1 aliphatic heterocycles. The summed E-state index contributed by atoms with van der Waals surface area (Å²) in [5.74, 6) is -0.0450. The molecule has 4 rings (SSSR count). The van der Waals surface area contributed by atoms with Gasteiger partial charge in [-0.3, -0.25) is 9.78 Å². The molecule has 3 aromatic rings. The van der Waals surface area contributed by atoms with Crippen LogP contribution in [0.5, 0.6) is 0 Å². The molecule has 4 nitrogen and oxygen atoms in total. The molecule has 2 heterocycles. The van der Waals surface area contributed by atoms with E-state index in [-0.39, 0.29) is 11.9 Å². The maximum Gasteiger partial charge on any atom is 0.272 e. The van der Waals surface area contributed by atoms with Gasteiger partial charge in [0.05, 0.1) is 6.04 Å². The lowest BCUT2D eigenvalue weighted by molar-refractivity contribution is -0.0362. The van der Waals surface area contributed by atoms with Crippen molar-refractivity contribution in [1.29, 1.82) is 0 Å². The Kier molecular flexibility index (Phi) is 5.22. The van der Waals surface area contributed by atoms with Gasteiger partial charge in [0, 0.05) is 19.9 Å². The minimum atomic E-state index is -0.733. The highest BCUT2D eigenvalue weighted by Gasteiger charge is 2.49. The van der Waals surface area contributed by atoms with E-state index in [0.29, 0.717) is 12.2 Å². The second-order valence-electron chi connectivity index (χ2n) is 7.04. The molecule has 1 amide bonds. The molecule has 0 bridgehead atoms. The number of pyridine rings is 1. The first kappa shape index (κ1) is 18.4. The number of amides is 1. The quantitative estimate of drug-likeness (QED) is 0.671. The molecule has 1 aromatic heterocycles. The number of benzene rings is 2. The number of ether oxygens (including phenoxy) is 1. The molecule has 1 fully saturated rings. The first-order valence-electron chi connectivity index (χ1n) is 9.65. The van der Waals surface area contributed by atoms with E-state index in [4.69, 9.17) is 4.74 Å². The first-order chi connectivity index (χ1) is 13.8. The molecule has 0 unspecified atom stereocenters. The number of nitrogens with zero attached hydrogens (tertiary/aromatic N) is 2. The number of aromatic nitrogens is 1.